The fraction of sp³-hybridized carbons (Fsp3) is 0.571. The lowest BCUT2D eigenvalue weighted by atomic mass is 10.1. The maximum Gasteiger partial charge on any atom is 0.253 e. The number of carbonyl (C=O) groups excluding carboxylic acids is 1. The maximum absolute atomic E-state index is 12.4. The van der Waals surface area contributed by atoms with Gasteiger partial charge in [0.05, 0.1) is 0 Å². The summed E-state index contributed by atoms with van der Waals surface area (Å²) >= 11 is 0. The average molecular weight is 279 g/mol. The number of likely N-dealkylation sites (N-methyl/N-ethyl adjacent to an activating group) is 2. The number of carbonyl (C=O) groups is 1. The molecule has 0 aliphatic heterocycles. The number of amides is 1. The minimum atomic E-state index is -0.0207. The number of hydrazine groups is 1. The van der Waals surface area contributed by atoms with Crippen LogP contribution in [0.15, 0.2) is 12.1 Å². The van der Waals surface area contributed by atoms with Crippen LogP contribution in [0.2, 0.25) is 0 Å². The normalized spacial score (nSPS) is 11.0. The Hall–Kier alpha value is -1.66. The topological polar surface area (TPSA) is 74.5 Å². The highest BCUT2D eigenvalue weighted by Crippen LogP contribution is 2.18. The molecule has 0 aliphatic carbocycles. The fourth-order valence-corrected chi connectivity index (χ4v) is 1.72. The molecule has 1 aromatic heterocycles. The number of aromatic nitrogens is 1. The van der Waals surface area contributed by atoms with Crippen LogP contribution in [0.25, 0.3) is 0 Å². The predicted octanol–water partition coefficient (Wildman–Crippen LogP) is 1.12. The van der Waals surface area contributed by atoms with Crippen molar-refractivity contribution in [1.29, 1.82) is 0 Å². The van der Waals surface area contributed by atoms with Crippen LogP contribution in [-0.4, -0.2) is 54.9 Å². The van der Waals surface area contributed by atoms with E-state index in [1.54, 1.807) is 18.0 Å². The van der Waals surface area contributed by atoms with E-state index >= 15 is 0 Å². The van der Waals surface area contributed by atoms with Gasteiger partial charge in [0.15, 0.2) is 0 Å². The van der Waals surface area contributed by atoms with E-state index in [-0.39, 0.29) is 11.8 Å². The van der Waals surface area contributed by atoms with E-state index in [4.69, 9.17) is 5.84 Å². The molecular formula is C14H25N5O. The first kappa shape index (κ1) is 16.4. The molecule has 6 nitrogen and oxygen atoms in total. The fourth-order valence-electron chi connectivity index (χ4n) is 1.72. The van der Waals surface area contributed by atoms with Gasteiger partial charge in [0.25, 0.3) is 5.91 Å². The lowest BCUT2D eigenvalue weighted by Gasteiger charge is -2.20. The van der Waals surface area contributed by atoms with Crippen LogP contribution in [0.4, 0.5) is 5.82 Å². The molecule has 1 amide bonds. The Morgan fingerprint density at radius 2 is 1.95 bits per heavy atom. The largest absolute Gasteiger partial charge is 0.340 e. The summed E-state index contributed by atoms with van der Waals surface area (Å²) in [5.74, 6) is 6.15. The van der Waals surface area contributed by atoms with Crippen LogP contribution in [-0.2, 0) is 0 Å². The molecule has 0 radical (unpaired) electrons. The second-order valence-electron chi connectivity index (χ2n) is 5.49. The molecule has 0 atom stereocenters. The van der Waals surface area contributed by atoms with E-state index < -0.39 is 0 Å². The van der Waals surface area contributed by atoms with Gasteiger partial charge >= 0.3 is 0 Å². The van der Waals surface area contributed by atoms with Gasteiger partial charge in [-0.1, -0.05) is 13.8 Å². The number of nitrogens with one attached hydrogen (secondary N) is 1. The molecule has 1 rings (SSSR count). The molecule has 0 fully saturated rings. The molecule has 6 heteroatoms. The lowest BCUT2D eigenvalue weighted by Crippen LogP contribution is -2.33. The molecule has 1 aromatic rings. The van der Waals surface area contributed by atoms with Crippen molar-refractivity contribution in [2.75, 3.05) is 39.7 Å². The third kappa shape index (κ3) is 4.47. The van der Waals surface area contributed by atoms with Gasteiger partial charge in [-0.3, -0.25) is 4.79 Å². The summed E-state index contributed by atoms with van der Waals surface area (Å²) in [4.78, 5) is 20.5. The molecule has 0 aromatic carbocycles. The van der Waals surface area contributed by atoms with E-state index in [2.05, 4.69) is 10.4 Å². The first-order valence-corrected chi connectivity index (χ1v) is 6.74. The molecule has 3 N–H and O–H groups in total. The second-order valence-corrected chi connectivity index (χ2v) is 5.49. The highest BCUT2D eigenvalue weighted by Gasteiger charge is 2.15. The Kier molecular flexibility index (Phi) is 5.91. The van der Waals surface area contributed by atoms with Gasteiger partial charge < -0.3 is 15.2 Å². The summed E-state index contributed by atoms with van der Waals surface area (Å²) in [6.07, 6.45) is 0. The van der Waals surface area contributed by atoms with Gasteiger partial charge in [-0.05, 0) is 32.1 Å². The van der Waals surface area contributed by atoms with E-state index in [0.29, 0.717) is 17.9 Å². The zero-order valence-corrected chi connectivity index (χ0v) is 13.0. The van der Waals surface area contributed by atoms with Crippen molar-refractivity contribution in [2.24, 2.45) is 5.84 Å². The zero-order chi connectivity index (χ0) is 15.3. The summed E-state index contributed by atoms with van der Waals surface area (Å²) in [6.45, 7) is 5.57. The Labute approximate surface area is 120 Å². The van der Waals surface area contributed by atoms with E-state index in [0.717, 1.165) is 12.2 Å². The van der Waals surface area contributed by atoms with Crippen molar-refractivity contribution >= 4 is 11.7 Å². The van der Waals surface area contributed by atoms with Crippen molar-refractivity contribution in [3.8, 4) is 0 Å². The van der Waals surface area contributed by atoms with E-state index in [1.807, 2.05) is 38.9 Å². The van der Waals surface area contributed by atoms with Gasteiger partial charge in [-0.2, -0.15) is 0 Å². The number of nitrogen functional groups attached to an aromatic ring is 1. The summed E-state index contributed by atoms with van der Waals surface area (Å²) < 4.78 is 0. The van der Waals surface area contributed by atoms with Crippen LogP contribution in [0.3, 0.4) is 0 Å². The lowest BCUT2D eigenvalue weighted by molar-refractivity contribution is 0.0786. The van der Waals surface area contributed by atoms with Crippen LogP contribution in [0.5, 0.6) is 0 Å². The van der Waals surface area contributed by atoms with Crippen molar-refractivity contribution in [1.82, 2.24) is 14.8 Å². The van der Waals surface area contributed by atoms with Gasteiger partial charge in [0.1, 0.15) is 5.82 Å². The highest BCUT2D eigenvalue weighted by molar-refractivity contribution is 5.94. The number of hydrogen-bond donors (Lipinski definition) is 2. The van der Waals surface area contributed by atoms with Crippen LogP contribution in [0.1, 0.15) is 35.8 Å². The second kappa shape index (κ2) is 7.21. The predicted molar refractivity (Wildman–Crippen MR) is 81.7 cm³/mol. The molecule has 0 spiro atoms. The smallest absolute Gasteiger partial charge is 0.253 e. The summed E-state index contributed by atoms with van der Waals surface area (Å²) in [5.41, 5.74) is 3.98. The molecule has 0 unspecified atom stereocenters. The van der Waals surface area contributed by atoms with Gasteiger partial charge in [-0.25, -0.2) is 10.8 Å². The number of nitrogens with two attached hydrogens (primary N) is 1. The Bertz CT molecular complexity index is 459. The number of nitrogens with zero attached hydrogens (tertiary/aromatic N) is 3. The number of anilines is 1. The Morgan fingerprint density at radius 1 is 1.30 bits per heavy atom. The SMILES string of the molecule is CC(C)c1cc(C(=O)N(C)CCN(C)C)cc(NN)n1. The zero-order valence-electron chi connectivity index (χ0n) is 13.0. The molecule has 0 saturated carbocycles. The quantitative estimate of drug-likeness (QED) is 0.603. The average Bonchev–Trinajstić information content (AvgIpc) is 2.43. The molecule has 0 bridgehead atoms. The van der Waals surface area contributed by atoms with Crippen molar-refractivity contribution < 1.29 is 4.79 Å². The first-order valence-electron chi connectivity index (χ1n) is 6.74. The van der Waals surface area contributed by atoms with Crippen molar-refractivity contribution in [3.05, 3.63) is 23.4 Å². The maximum atomic E-state index is 12.4. The number of rotatable bonds is 6. The third-order valence-corrected chi connectivity index (χ3v) is 3.06. The highest BCUT2D eigenvalue weighted by atomic mass is 16.2. The molecule has 112 valence electrons. The van der Waals surface area contributed by atoms with Crippen molar-refractivity contribution in [3.63, 3.8) is 0 Å². The third-order valence-electron chi connectivity index (χ3n) is 3.06. The standard InChI is InChI=1S/C14H25N5O/c1-10(2)12-8-11(9-13(16-12)17-15)14(20)19(5)7-6-18(3)4/h8-10H,6-7,15H2,1-5H3,(H,16,17). The molecule has 0 saturated heterocycles. The van der Waals surface area contributed by atoms with E-state index in [9.17, 15) is 4.79 Å². The molecule has 0 aliphatic rings. The minimum Gasteiger partial charge on any atom is -0.340 e. The molecular weight excluding hydrogens is 254 g/mol. The van der Waals surface area contributed by atoms with Gasteiger partial charge in [0, 0.05) is 31.4 Å². The Morgan fingerprint density at radius 3 is 2.45 bits per heavy atom. The summed E-state index contributed by atoms with van der Waals surface area (Å²) in [6, 6.07) is 3.51. The van der Waals surface area contributed by atoms with E-state index in [1.165, 1.54) is 0 Å². The molecule has 20 heavy (non-hydrogen) atoms. The van der Waals surface area contributed by atoms with Gasteiger partial charge in [0.2, 0.25) is 0 Å². The number of hydrogen-bond acceptors (Lipinski definition) is 5. The minimum absolute atomic E-state index is 0.0207. The first-order chi connectivity index (χ1) is 9.35. The van der Waals surface area contributed by atoms with Gasteiger partial charge in [-0.15, -0.1) is 0 Å². The summed E-state index contributed by atoms with van der Waals surface area (Å²) in [7, 11) is 5.77. The monoisotopic (exact) mass is 279 g/mol. The van der Waals surface area contributed by atoms with Crippen LogP contribution < -0.4 is 11.3 Å². The van der Waals surface area contributed by atoms with Crippen LogP contribution >= 0.6 is 0 Å². The van der Waals surface area contributed by atoms with Crippen LogP contribution in [0, 0.1) is 0 Å². The Balaban J connectivity index is 2.93. The number of pyridine rings is 1. The summed E-state index contributed by atoms with van der Waals surface area (Å²) in [5, 5.41) is 0. The van der Waals surface area contributed by atoms with Crippen molar-refractivity contribution in [2.45, 2.75) is 19.8 Å². The molecule has 1 heterocycles.